The van der Waals surface area contributed by atoms with Crippen LogP contribution in [0.2, 0.25) is 0 Å². The van der Waals surface area contributed by atoms with Crippen molar-refractivity contribution in [2.75, 3.05) is 0 Å². The zero-order chi connectivity index (χ0) is 38.2. The predicted octanol–water partition coefficient (Wildman–Crippen LogP) is 12.9. The molecule has 10 rings (SSSR count). The van der Waals surface area contributed by atoms with Crippen LogP contribution < -0.4 is 0 Å². The van der Waals surface area contributed by atoms with Crippen LogP contribution >= 0.6 is 22.7 Å². The molecule has 0 bridgehead atoms. The fraction of sp³-hybridized carbons (Fsp3) is 0. The van der Waals surface area contributed by atoms with Gasteiger partial charge in [0, 0.05) is 57.0 Å². The van der Waals surface area contributed by atoms with Gasteiger partial charge in [-0.25, -0.2) is 15.0 Å². The van der Waals surface area contributed by atoms with Crippen LogP contribution in [0, 0.1) is 0 Å². The van der Waals surface area contributed by atoms with E-state index in [4.69, 9.17) is 19.1 Å². The first-order valence-electron chi connectivity index (χ1n) is 19.1. The van der Waals surface area contributed by atoms with E-state index in [0.29, 0.717) is 37.6 Å². The Morgan fingerprint density at radius 1 is 0.400 bits per heavy atom. The summed E-state index contributed by atoms with van der Waals surface area (Å²) in [6.07, 6.45) is 0. The molecule has 0 spiro atoms. The van der Waals surface area contributed by atoms with E-state index < -0.39 is 0 Å². The van der Waals surface area contributed by atoms with E-state index in [1.165, 1.54) is 16.0 Å². The minimum absolute atomic E-state index is 0.0564. The maximum atomic E-state index is 9.63. The van der Waals surface area contributed by atoms with E-state index in [-0.39, 0.29) is 53.0 Å². The zero-order valence-electron chi connectivity index (χ0n) is 32.3. The average molecular weight is 680 g/mol. The van der Waals surface area contributed by atoms with Gasteiger partial charge in [0.05, 0.1) is 8.22 Å². The summed E-state index contributed by atoms with van der Waals surface area (Å²) in [5, 5.41) is 2.75. The number of benzene rings is 7. The van der Waals surface area contributed by atoms with Gasteiger partial charge in [0.1, 0.15) is 0 Å². The summed E-state index contributed by atoms with van der Waals surface area (Å²) in [5.41, 5.74) is 4.64. The maximum Gasteiger partial charge on any atom is 0.164 e. The fourth-order valence-electron chi connectivity index (χ4n) is 6.41. The van der Waals surface area contributed by atoms with E-state index in [1.807, 2.05) is 103 Å². The molecular formula is C45H27N3S2. The summed E-state index contributed by atoms with van der Waals surface area (Å²) in [6, 6.07) is 40.4. The Morgan fingerprint density at radius 2 is 1.08 bits per heavy atom. The van der Waals surface area contributed by atoms with Gasteiger partial charge >= 0.3 is 0 Å². The van der Waals surface area contributed by atoms with Crippen LogP contribution in [-0.2, 0) is 0 Å². The molecule has 0 amide bonds. The molecule has 0 aliphatic rings. The minimum Gasteiger partial charge on any atom is -0.208 e. The molecular weight excluding hydrogens is 647 g/mol. The molecule has 0 aliphatic heterocycles. The summed E-state index contributed by atoms with van der Waals surface area (Å²) in [6.45, 7) is 0. The van der Waals surface area contributed by atoms with Crippen molar-refractivity contribution in [2.24, 2.45) is 0 Å². The lowest BCUT2D eigenvalue weighted by molar-refractivity contribution is 1.08. The van der Waals surface area contributed by atoms with E-state index in [9.17, 15) is 4.11 Å². The molecule has 0 saturated heterocycles. The van der Waals surface area contributed by atoms with E-state index in [0.717, 1.165) is 37.7 Å². The van der Waals surface area contributed by atoms with Crippen molar-refractivity contribution in [3.63, 3.8) is 0 Å². The molecule has 3 aromatic heterocycles. The molecule has 7 aromatic carbocycles. The SMILES string of the molecule is [2H]c1c([2H])c([2H])c2c(sc3c([2H])c(-c4nc(-c5ccccc5)nc(-c5ccc6sc7ccccc7c6c5)n4)c([2H])c([2H])c32)c1-c1cccc(-c2ccccc2)c1. The number of nitrogens with zero attached hydrogens (tertiary/aromatic N) is 3. The van der Waals surface area contributed by atoms with Crippen LogP contribution in [0.1, 0.15) is 8.22 Å². The van der Waals surface area contributed by atoms with Gasteiger partial charge in [0.2, 0.25) is 0 Å². The van der Waals surface area contributed by atoms with Gasteiger partial charge < -0.3 is 0 Å². The number of aromatic nitrogens is 3. The lowest BCUT2D eigenvalue weighted by atomic mass is 9.98. The highest BCUT2D eigenvalue weighted by Gasteiger charge is 2.16. The first-order valence-corrected chi connectivity index (χ1v) is 17.7. The van der Waals surface area contributed by atoms with Gasteiger partial charge in [-0.15, -0.1) is 22.7 Å². The summed E-state index contributed by atoms with van der Waals surface area (Å²) < 4.78 is 58.5. The molecule has 10 aromatic rings. The standard InChI is InChI=1S/C45H27N3S2/c1-3-11-28(12-4-1)30-15-9-16-31(25-30)34-18-10-19-37-36-23-21-33(27-41(36)50-42(34)37)45-47-43(29-13-5-2-6-14-29)46-44(48-45)32-22-24-40-38(26-32)35-17-7-8-20-39(35)49-40/h1-27H/i10D,18D,19D,21D,23D,27D. The Labute approximate surface area is 305 Å². The molecule has 0 atom stereocenters. The van der Waals surface area contributed by atoms with Gasteiger partial charge in [0.15, 0.2) is 17.5 Å². The summed E-state index contributed by atoms with van der Waals surface area (Å²) in [4.78, 5) is 14.7. The number of hydrogen-bond donors (Lipinski definition) is 0. The molecule has 0 N–H and O–H groups in total. The van der Waals surface area contributed by atoms with E-state index >= 15 is 0 Å². The second-order valence-corrected chi connectivity index (χ2v) is 14.0. The van der Waals surface area contributed by atoms with Gasteiger partial charge in [-0.2, -0.15) is 0 Å². The highest BCUT2D eigenvalue weighted by Crippen LogP contribution is 2.42. The second kappa shape index (κ2) is 11.8. The molecule has 0 saturated carbocycles. The smallest absolute Gasteiger partial charge is 0.164 e. The normalized spacial score (nSPS) is 13.3. The molecule has 0 radical (unpaired) electrons. The fourth-order valence-corrected chi connectivity index (χ4v) is 8.64. The van der Waals surface area contributed by atoms with Crippen molar-refractivity contribution in [2.45, 2.75) is 0 Å². The van der Waals surface area contributed by atoms with E-state index in [1.54, 1.807) is 11.3 Å². The number of fused-ring (bicyclic) bond motifs is 6. The molecule has 50 heavy (non-hydrogen) atoms. The highest BCUT2D eigenvalue weighted by atomic mass is 32.1. The van der Waals surface area contributed by atoms with Gasteiger partial charge in [-0.1, -0.05) is 127 Å². The third-order valence-electron chi connectivity index (χ3n) is 8.85. The molecule has 0 aliphatic carbocycles. The quantitative estimate of drug-likeness (QED) is 0.182. The van der Waals surface area contributed by atoms with Crippen molar-refractivity contribution < 1.29 is 8.22 Å². The zero-order valence-corrected chi connectivity index (χ0v) is 27.9. The third-order valence-corrected chi connectivity index (χ3v) is 11.1. The monoisotopic (exact) mass is 679 g/mol. The Kier molecular flexibility index (Phi) is 5.54. The lowest BCUT2D eigenvalue weighted by Crippen LogP contribution is -2.00. The van der Waals surface area contributed by atoms with Crippen LogP contribution in [-0.4, -0.2) is 15.0 Å². The number of thiophene rings is 2. The van der Waals surface area contributed by atoms with Crippen molar-refractivity contribution in [3.8, 4) is 56.4 Å². The second-order valence-electron chi connectivity index (χ2n) is 11.9. The van der Waals surface area contributed by atoms with Crippen LogP contribution in [0.4, 0.5) is 0 Å². The molecule has 0 unspecified atom stereocenters. The predicted molar refractivity (Wildman–Crippen MR) is 213 cm³/mol. The highest BCUT2D eigenvalue weighted by molar-refractivity contribution is 7.26. The minimum atomic E-state index is -0.274. The molecule has 3 heterocycles. The molecule has 234 valence electrons. The Balaban J connectivity index is 1.22. The van der Waals surface area contributed by atoms with Crippen molar-refractivity contribution in [3.05, 3.63) is 164 Å². The maximum absolute atomic E-state index is 9.63. The molecule has 0 fully saturated rings. The van der Waals surface area contributed by atoms with Gasteiger partial charge in [-0.3, -0.25) is 0 Å². The third kappa shape index (κ3) is 4.98. The Hall–Kier alpha value is -6.01. The van der Waals surface area contributed by atoms with Crippen LogP contribution in [0.25, 0.3) is 96.8 Å². The number of rotatable bonds is 5. The van der Waals surface area contributed by atoms with E-state index in [2.05, 4.69) is 24.3 Å². The van der Waals surface area contributed by atoms with Crippen LogP contribution in [0.3, 0.4) is 0 Å². The summed E-state index contributed by atoms with van der Waals surface area (Å²) in [7, 11) is 0. The van der Waals surface area contributed by atoms with Crippen molar-refractivity contribution in [1.82, 2.24) is 15.0 Å². The van der Waals surface area contributed by atoms with Crippen molar-refractivity contribution in [1.29, 1.82) is 0 Å². The summed E-state index contributed by atoms with van der Waals surface area (Å²) >= 11 is 2.92. The van der Waals surface area contributed by atoms with Crippen molar-refractivity contribution >= 4 is 63.0 Å². The average Bonchev–Trinajstić information content (AvgIpc) is 3.82. The van der Waals surface area contributed by atoms with Crippen LogP contribution in [0.5, 0.6) is 0 Å². The van der Waals surface area contributed by atoms with Gasteiger partial charge in [0.25, 0.3) is 0 Å². The Bertz CT molecular complexity index is 3220. The first kappa shape index (κ1) is 23.4. The molecule has 5 heteroatoms. The summed E-state index contributed by atoms with van der Waals surface area (Å²) in [5.74, 6) is 0.838. The van der Waals surface area contributed by atoms with Gasteiger partial charge in [-0.05, 0) is 58.6 Å². The molecule has 3 nitrogen and oxygen atoms in total. The Morgan fingerprint density at radius 3 is 1.92 bits per heavy atom. The number of hydrogen-bond acceptors (Lipinski definition) is 5. The largest absolute Gasteiger partial charge is 0.208 e. The van der Waals surface area contributed by atoms with Crippen LogP contribution in [0.15, 0.2) is 164 Å². The first-order chi connectivity index (χ1) is 27.3. The topological polar surface area (TPSA) is 38.7 Å². The lowest BCUT2D eigenvalue weighted by Gasteiger charge is -2.09.